The largest absolute Gasteiger partial charge is 0.292 e. The molecule has 2 rings (SSSR count). The zero-order valence-corrected chi connectivity index (χ0v) is 12.2. The van der Waals surface area contributed by atoms with Crippen molar-refractivity contribution in [3.05, 3.63) is 60.2 Å². The minimum atomic E-state index is -4.49. The minimum absolute atomic E-state index is 0.190. The second-order valence-corrected chi connectivity index (χ2v) is 7.54. The van der Waals surface area contributed by atoms with Gasteiger partial charge in [-0.2, -0.15) is 8.42 Å². The number of benzene rings is 2. The van der Waals surface area contributed by atoms with Crippen LogP contribution in [0.2, 0.25) is 0 Å². The summed E-state index contributed by atoms with van der Waals surface area (Å²) in [7, 11) is -8.80. The van der Waals surface area contributed by atoms with Crippen molar-refractivity contribution in [1.29, 1.82) is 0 Å². The molecule has 0 saturated carbocycles. The van der Waals surface area contributed by atoms with Crippen LogP contribution < -0.4 is 0 Å². The van der Waals surface area contributed by atoms with Crippen molar-refractivity contribution in [2.45, 2.75) is 16.7 Å². The van der Waals surface area contributed by atoms with E-state index in [1.165, 1.54) is 36.4 Å². The monoisotopic (exact) mass is 313 g/mol. The van der Waals surface area contributed by atoms with E-state index in [9.17, 15) is 16.5 Å². The van der Waals surface area contributed by atoms with E-state index >= 15 is 0 Å². The Morgan fingerprint density at radius 3 is 1.95 bits per heavy atom. The van der Waals surface area contributed by atoms with Gasteiger partial charge in [0.05, 0.1) is 9.79 Å². The average molecular weight is 313 g/mol. The van der Waals surface area contributed by atoms with Gasteiger partial charge in [0.2, 0.25) is 10.1 Å². The van der Waals surface area contributed by atoms with Crippen LogP contribution in [0.3, 0.4) is 0 Å². The van der Waals surface area contributed by atoms with Crippen molar-refractivity contribution in [1.82, 2.24) is 0 Å². The third-order valence-corrected chi connectivity index (χ3v) is 5.82. The van der Waals surface area contributed by atoms with E-state index in [2.05, 4.69) is 3.77 Å². The van der Waals surface area contributed by atoms with E-state index in [0.717, 1.165) is 5.56 Å². The van der Waals surface area contributed by atoms with Gasteiger partial charge in [-0.1, -0.05) is 39.7 Å². The molecule has 1 atom stereocenters. The Morgan fingerprint density at radius 2 is 1.40 bits per heavy atom. The highest BCUT2D eigenvalue weighted by Gasteiger charge is 2.19. The summed E-state index contributed by atoms with van der Waals surface area (Å²) in [4.78, 5) is -0.458. The van der Waals surface area contributed by atoms with Crippen molar-refractivity contribution in [3.63, 3.8) is 0 Å². The van der Waals surface area contributed by atoms with Gasteiger partial charge in [-0.25, -0.2) is 4.21 Å². The molecule has 2 aromatic carbocycles. The van der Waals surface area contributed by atoms with Crippen molar-refractivity contribution >= 4 is 20.1 Å². The first-order chi connectivity index (χ1) is 9.31. The zero-order chi connectivity index (χ0) is 14.8. The summed E-state index contributed by atoms with van der Waals surface area (Å²) < 4.78 is 52.7. The number of halogens is 1. The summed E-state index contributed by atoms with van der Waals surface area (Å²) >= 11 is 0. The van der Waals surface area contributed by atoms with Gasteiger partial charge >= 0.3 is 0 Å². The summed E-state index contributed by atoms with van der Waals surface area (Å²) in [5.74, 6) is 0. The Balaban J connectivity index is 2.53. The fourth-order valence-corrected chi connectivity index (χ4v) is 4.18. The van der Waals surface area contributed by atoms with Gasteiger partial charge < -0.3 is 0 Å². The Labute approximate surface area is 117 Å². The van der Waals surface area contributed by atoms with Crippen LogP contribution >= 0.6 is 0 Å². The van der Waals surface area contributed by atoms with Gasteiger partial charge in [-0.3, -0.25) is 0 Å². The van der Waals surface area contributed by atoms with E-state index in [-0.39, 0.29) is 9.79 Å². The van der Waals surface area contributed by atoms with Gasteiger partial charge in [0, 0.05) is 0 Å². The molecule has 1 unspecified atom stereocenters. The molecule has 7 heteroatoms. The molecule has 0 spiro atoms. The molecule has 0 N–H and O–H groups in total. The van der Waals surface area contributed by atoms with Crippen LogP contribution in [0.25, 0.3) is 0 Å². The lowest BCUT2D eigenvalue weighted by molar-refractivity contribution is 0.596. The summed E-state index contributed by atoms with van der Waals surface area (Å²) in [6.45, 7) is 1.79. The van der Waals surface area contributed by atoms with E-state index in [1.54, 1.807) is 25.1 Å². The highest BCUT2D eigenvalue weighted by atomic mass is 32.3. The van der Waals surface area contributed by atoms with Gasteiger partial charge in [0.1, 0.15) is 0 Å². The standard InChI is InChI=1S/C13H12FNO3S2/c1-11-7-9-13(10-8-11)20(17,18)15-19(14,16)12-5-3-2-4-6-12/h2-10H,1H3. The normalized spacial score (nSPS) is 14.5. The molecule has 20 heavy (non-hydrogen) atoms. The lowest BCUT2D eigenvalue weighted by atomic mass is 10.2. The summed E-state index contributed by atoms with van der Waals surface area (Å²) in [6, 6.07) is 12.7. The Kier molecular flexibility index (Phi) is 3.92. The molecule has 0 radical (unpaired) electrons. The molecule has 0 saturated heterocycles. The lowest BCUT2D eigenvalue weighted by Gasteiger charge is -2.02. The van der Waals surface area contributed by atoms with Gasteiger partial charge in [0.15, 0.2) is 0 Å². The van der Waals surface area contributed by atoms with E-state index < -0.39 is 20.1 Å². The maximum absolute atomic E-state index is 14.1. The number of hydrogen-bond acceptors (Lipinski definition) is 3. The smallest absolute Gasteiger partial charge is 0.210 e. The van der Waals surface area contributed by atoms with E-state index in [1.807, 2.05) is 0 Å². The fraction of sp³-hybridized carbons (Fsp3) is 0.0769. The van der Waals surface area contributed by atoms with Crippen LogP contribution in [-0.2, 0) is 20.1 Å². The topological polar surface area (TPSA) is 63.6 Å². The molecule has 0 amide bonds. The lowest BCUT2D eigenvalue weighted by Crippen LogP contribution is -2.02. The summed E-state index contributed by atoms with van der Waals surface area (Å²) in [5.41, 5.74) is 0.855. The van der Waals surface area contributed by atoms with Gasteiger partial charge in [-0.15, -0.1) is 3.89 Å². The van der Waals surface area contributed by atoms with Crippen molar-refractivity contribution < 1.29 is 16.5 Å². The number of aryl methyl sites for hydroxylation is 1. The van der Waals surface area contributed by atoms with Gasteiger partial charge in [-0.05, 0) is 31.2 Å². The molecule has 2 aromatic rings. The van der Waals surface area contributed by atoms with Crippen molar-refractivity contribution in [3.8, 4) is 0 Å². The number of sulfonamides is 1. The van der Waals surface area contributed by atoms with Crippen LogP contribution in [0.1, 0.15) is 5.56 Å². The molecule has 0 aliphatic carbocycles. The van der Waals surface area contributed by atoms with Crippen LogP contribution in [0.5, 0.6) is 0 Å². The SMILES string of the molecule is Cc1ccc(S(=O)(=O)N=S(=O)(F)c2ccccc2)cc1. The van der Waals surface area contributed by atoms with Crippen LogP contribution in [-0.4, -0.2) is 12.6 Å². The third-order valence-electron chi connectivity index (χ3n) is 2.55. The quantitative estimate of drug-likeness (QED) is 0.818. The maximum Gasteiger partial charge on any atom is 0.292 e. The van der Waals surface area contributed by atoms with E-state index in [0.29, 0.717) is 0 Å². The number of rotatable bonds is 3. The van der Waals surface area contributed by atoms with Gasteiger partial charge in [0.25, 0.3) is 10.0 Å². The first-order valence-corrected chi connectivity index (χ1v) is 8.52. The first kappa shape index (κ1) is 14.7. The fourth-order valence-electron chi connectivity index (χ4n) is 1.51. The number of hydrogen-bond donors (Lipinski definition) is 0. The highest BCUT2D eigenvalue weighted by Crippen LogP contribution is 2.21. The predicted molar refractivity (Wildman–Crippen MR) is 74.8 cm³/mol. The number of nitrogens with zero attached hydrogens (tertiary/aromatic N) is 1. The Bertz CT molecular complexity index is 822. The second kappa shape index (κ2) is 5.34. The molecule has 0 aliphatic rings. The third kappa shape index (κ3) is 3.23. The average Bonchev–Trinajstić information content (AvgIpc) is 2.39. The molecule has 0 bridgehead atoms. The maximum atomic E-state index is 14.1. The Hall–Kier alpha value is -1.73. The zero-order valence-electron chi connectivity index (χ0n) is 10.6. The van der Waals surface area contributed by atoms with Crippen LogP contribution in [0.4, 0.5) is 3.89 Å². The van der Waals surface area contributed by atoms with Crippen molar-refractivity contribution in [2.24, 2.45) is 3.77 Å². The summed E-state index contributed by atoms with van der Waals surface area (Å²) in [6.07, 6.45) is 0. The highest BCUT2D eigenvalue weighted by molar-refractivity contribution is 8.00. The summed E-state index contributed by atoms with van der Waals surface area (Å²) in [5, 5.41) is 0. The molecule has 0 fully saturated rings. The minimum Gasteiger partial charge on any atom is -0.210 e. The van der Waals surface area contributed by atoms with Crippen LogP contribution in [0.15, 0.2) is 68.2 Å². The molecule has 0 aliphatic heterocycles. The molecule has 106 valence electrons. The molecule has 0 heterocycles. The van der Waals surface area contributed by atoms with E-state index in [4.69, 9.17) is 0 Å². The molecule has 4 nitrogen and oxygen atoms in total. The first-order valence-electron chi connectivity index (χ1n) is 5.66. The predicted octanol–water partition coefficient (Wildman–Crippen LogP) is 3.10. The van der Waals surface area contributed by atoms with Crippen molar-refractivity contribution in [2.75, 3.05) is 0 Å². The Morgan fingerprint density at radius 1 is 0.850 bits per heavy atom. The van der Waals surface area contributed by atoms with Crippen LogP contribution in [0, 0.1) is 6.92 Å². The second-order valence-electron chi connectivity index (χ2n) is 4.13. The molecular weight excluding hydrogens is 301 g/mol. The molecule has 0 aromatic heterocycles. The molecular formula is C13H12FNO3S2.